The van der Waals surface area contributed by atoms with Gasteiger partial charge in [0.25, 0.3) is 5.91 Å². The third kappa shape index (κ3) is 3.65. The number of rotatable bonds is 5. The van der Waals surface area contributed by atoms with Gasteiger partial charge in [-0.05, 0) is 48.0 Å². The van der Waals surface area contributed by atoms with Crippen LogP contribution in [-0.2, 0) is 16.9 Å². The molecule has 1 aromatic heterocycles. The van der Waals surface area contributed by atoms with E-state index in [1.165, 1.54) is 17.2 Å². The maximum absolute atomic E-state index is 13.3. The van der Waals surface area contributed by atoms with E-state index in [-0.39, 0.29) is 12.2 Å². The average Bonchev–Trinajstić information content (AvgIpc) is 2.92. The molecule has 2 aromatic carbocycles. The van der Waals surface area contributed by atoms with Crippen LogP contribution >= 0.6 is 23.2 Å². The van der Waals surface area contributed by atoms with E-state index >= 15 is 0 Å². The number of nitrogens with zero attached hydrogens (tertiary/aromatic N) is 2. The number of carbonyl (C=O) groups excluding carboxylic acids is 2. The molecule has 2 heterocycles. The lowest BCUT2D eigenvalue weighted by Crippen LogP contribution is -2.41. The number of pyridine rings is 1. The number of hydrogen-bond donors (Lipinski definition) is 1. The van der Waals surface area contributed by atoms with E-state index in [4.69, 9.17) is 23.2 Å². The maximum atomic E-state index is 13.3. The lowest BCUT2D eigenvalue weighted by atomic mass is 9.89. The number of benzene rings is 2. The molecule has 0 bridgehead atoms. The van der Waals surface area contributed by atoms with Crippen molar-refractivity contribution >= 4 is 40.6 Å². The van der Waals surface area contributed by atoms with Crippen molar-refractivity contribution in [2.45, 2.75) is 18.6 Å². The summed E-state index contributed by atoms with van der Waals surface area (Å²) in [4.78, 5) is 31.5. The molecule has 0 aliphatic carbocycles. The number of halogens is 2. The Labute approximate surface area is 177 Å². The van der Waals surface area contributed by atoms with Crippen LogP contribution in [0.3, 0.4) is 0 Å². The summed E-state index contributed by atoms with van der Waals surface area (Å²) < 4.78 is 0. The zero-order chi connectivity index (χ0) is 20.6. The molecule has 29 heavy (non-hydrogen) atoms. The highest BCUT2D eigenvalue weighted by molar-refractivity contribution is 6.31. The van der Waals surface area contributed by atoms with Crippen molar-refractivity contribution in [1.29, 1.82) is 0 Å². The Morgan fingerprint density at radius 3 is 2.45 bits per heavy atom. The third-order valence-electron chi connectivity index (χ3n) is 4.91. The van der Waals surface area contributed by atoms with Crippen LogP contribution in [0.1, 0.15) is 28.0 Å². The van der Waals surface area contributed by atoms with Gasteiger partial charge in [-0.3, -0.25) is 14.6 Å². The largest absolute Gasteiger partial charge is 0.375 e. The Morgan fingerprint density at radius 2 is 1.76 bits per heavy atom. The van der Waals surface area contributed by atoms with Crippen molar-refractivity contribution in [3.05, 3.63) is 93.7 Å². The summed E-state index contributed by atoms with van der Waals surface area (Å²) in [5.41, 5.74) is -0.155. The van der Waals surface area contributed by atoms with Gasteiger partial charge in [-0.25, -0.2) is 0 Å². The Bertz CT molecular complexity index is 1090. The van der Waals surface area contributed by atoms with Crippen LogP contribution in [0.4, 0.5) is 5.69 Å². The molecule has 1 aliphatic heterocycles. The van der Waals surface area contributed by atoms with Gasteiger partial charge < -0.3 is 10.0 Å². The summed E-state index contributed by atoms with van der Waals surface area (Å²) in [7, 11) is 0. The van der Waals surface area contributed by atoms with Gasteiger partial charge in [0.15, 0.2) is 11.4 Å². The molecule has 0 radical (unpaired) electrons. The van der Waals surface area contributed by atoms with Crippen molar-refractivity contribution in [3.63, 3.8) is 0 Å². The first-order valence-corrected chi connectivity index (χ1v) is 9.67. The van der Waals surface area contributed by atoms with Crippen LogP contribution in [0.25, 0.3) is 0 Å². The number of fused-ring (bicyclic) bond motifs is 1. The normalized spacial score (nSPS) is 18.0. The van der Waals surface area contributed by atoms with Gasteiger partial charge in [0, 0.05) is 21.8 Å². The van der Waals surface area contributed by atoms with Crippen molar-refractivity contribution in [1.82, 2.24) is 4.98 Å². The molecule has 0 unspecified atom stereocenters. The van der Waals surface area contributed by atoms with Crippen molar-refractivity contribution < 1.29 is 14.7 Å². The number of aliphatic hydroxyl groups is 1. The average molecular weight is 427 g/mol. The molecule has 146 valence electrons. The fraction of sp³-hybridized carbons (Fsp3) is 0.136. The first-order valence-electron chi connectivity index (χ1n) is 8.91. The monoisotopic (exact) mass is 426 g/mol. The summed E-state index contributed by atoms with van der Waals surface area (Å²) in [6, 6.07) is 16.9. The molecule has 5 nitrogen and oxygen atoms in total. The molecule has 3 aromatic rings. The van der Waals surface area contributed by atoms with Crippen molar-refractivity contribution in [3.8, 4) is 0 Å². The molecule has 0 saturated heterocycles. The molecular formula is C22H16Cl2N2O3. The van der Waals surface area contributed by atoms with E-state index in [2.05, 4.69) is 4.98 Å². The number of anilines is 1. The quantitative estimate of drug-likeness (QED) is 0.613. The maximum Gasteiger partial charge on any atom is 0.264 e. The van der Waals surface area contributed by atoms with Crippen LogP contribution in [-0.4, -0.2) is 21.8 Å². The van der Waals surface area contributed by atoms with Crippen molar-refractivity contribution in [2.75, 3.05) is 4.90 Å². The summed E-state index contributed by atoms with van der Waals surface area (Å²) in [6.07, 6.45) is 1.07. The van der Waals surface area contributed by atoms with Crippen LogP contribution in [0.2, 0.25) is 10.0 Å². The van der Waals surface area contributed by atoms with Crippen LogP contribution < -0.4 is 4.90 Å². The highest BCUT2D eigenvalue weighted by Crippen LogP contribution is 2.44. The molecule has 1 amide bonds. The van der Waals surface area contributed by atoms with Crippen LogP contribution in [0, 0.1) is 0 Å². The Morgan fingerprint density at radius 1 is 1.03 bits per heavy atom. The molecule has 0 fully saturated rings. The SMILES string of the molecule is O=C(C[C@]1(O)C(=O)N(Cc2ccc(Cl)cc2)c2ccc(Cl)cc21)c1ccccn1. The first kappa shape index (κ1) is 19.6. The van der Waals surface area contributed by atoms with Gasteiger partial charge >= 0.3 is 0 Å². The Kier molecular flexibility index (Phi) is 5.13. The second-order valence-corrected chi connectivity index (χ2v) is 7.73. The number of aromatic nitrogens is 1. The zero-order valence-corrected chi connectivity index (χ0v) is 16.7. The number of amides is 1. The van der Waals surface area contributed by atoms with E-state index in [1.54, 1.807) is 42.5 Å². The molecule has 0 spiro atoms. The predicted molar refractivity (Wildman–Crippen MR) is 111 cm³/mol. The van der Waals surface area contributed by atoms with Gasteiger partial charge in [0.1, 0.15) is 5.69 Å². The zero-order valence-electron chi connectivity index (χ0n) is 15.2. The lowest BCUT2D eigenvalue weighted by Gasteiger charge is -2.22. The number of Topliss-reactive ketones (excluding diaryl/α,β-unsaturated/α-hetero) is 1. The summed E-state index contributed by atoms with van der Waals surface area (Å²) >= 11 is 12.1. The number of ketones is 1. The highest BCUT2D eigenvalue weighted by atomic mass is 35.5. The first-order chi connectivity index (χ1) is 13.9. The second kappa shape index (κ2) is 7.59. The van der Waals surface area contributed by atoms with Crippen LogP contribution in [0.15, 0.2) is 66.9 Å². The van der Waals surface area contributed by atoms with Gasteiger partial charge in [0.2, 0.25) is 0 Å². The lowest BCUT2D eigenvalue weighted by molar-refractivity contribution is -0.136. The standard InChI is InChI=1S/C22H16Cl2N2O3/c23-15-6-4-14(5-7-15)13-26-19-9-8-16(24)11-17(19)22(29,21(26)28)12-20(27)18-3-1-2-10-25-18/h1-11,29H,12-13H2/t22-/m1/s1. The molecule has 1 N–H and O–H groups in total. The van der Waals surface area contributed by atoms with Crippen LogP contribution in [0.5, 0.6) is 0 Å². The minimum Gasteiger partial charge on any atom is -0.375 e. The molecule has 1 atom stereocenters. The second-order valence-electron chi connectivity index (χ2n) is 6.85. The third-order valence-corrected chi connectivity index (χ3v) is 5.40. The van der Waals surface area contributed by atoms with Gasteiger partial charge in [-0.1, -0.05) is 41.4 Å². The van der Waals surface area contributed by atoms with E-state index in [9.17, 15) is 14.7 Å². The fourth-order valence-corrected chi connectivity index (χ4v) is 3.77. The van der Waals surface area contributed by atoms with Crippen molar-refractivity contribution in [2.24, 2.45) is 0 Å². The summed E-state index contributed by atoms with van der Waals surface area (Å²) in [5.74, 6) is -1.00. The smallest absolute Gasteiger partial charge is 0.264 e. The molecular weight excluding hydrogens is 411 g/mol. The van der Waals surface area contributed by atoms with Gasteiger partial charge in [-0.2, -0.15) is 0 Å². The van der Waals surface area contributed by atoms with E-state index in [0.717, 1.165) is 5.56 Å². The van der Waals surface area contributed by atoms with Gasteiger partial charge in [-0.15, -0.1) is 0 Å². The molecule has 1 aliphatic rings. The molecule has 0 saturated carbocycles. The highest BCUT2D eigenvalue weighted by Gasteiger charge is 2.51. The van der Waals surface area contributed by atoms with Gasteiger partial charge in [0.05, 0.1) is 18.7 Å². The van der Waals surface area contributed by atoms with E-state index in [0.29, 0.717) is 21.3 Å². The topological polar surface area (TPSA) is 70.5 Å². The Balaban J connectivity index is 1.71. The molecule has 4 rings (SSSR count). The van der Waals surface area contributed by atoms with E-state index in [1.807, 2.05) is 12.1 Å². The number of carbonyl (C=O) groups is 2. The fourth-order valence-electron chi connectivity index (χ4n) is 3.47. The Hall–Kier alpha value is -2.73. The predicted octanol–water partition coefficient (Wildman–Crippen LogP) is 4.40. The number of hydrogen-bond acceptors (Lipinski definition) is 4. The minimum atomic E-state index is -2.01. The summed E-state index contributed by atoms with van der Waals surface area (Å²) in [6.45, 7) is 0.227. The minimum absolute atomic E-state index is 0.188. The van der Waals surface area contributed by atoms with E-state index < -0.39 is 23.7 Å². The summed E-state index contributed by atoms with van der Waals surface area (Å²) in [5, 5.41) is 12.3. The molecule has 7 heteroatoms.